The van der Waals surface area contributed by atoms with Crippen LogP contribution in [0.1, 0.15) is 35.7 Å². The summed E-state index contributed by atoms with van der Waals surface area (Å²) >= 11 is 0. The second-order valence-electron chi connectivity index (χ2n) is 5.50. The van der Waals surface area contributed by atoms with Gasteiger partial charge < -0.3 is 10.6 Å². The molecule has 0 atom stereocenters. The monoisotopic (exact) mass is 339 g/mol. The summed E-state index contributed by atoms with van der Waals surface area (Å²) in [5.41, 5.74) is 0.878. The number of sulfonamides is 1. The molecule has 126 valence electrons. The second-order valence-corrected chi connectivity index (χ2v) is 7.27. The van der Waals surface area contributed by atoms with Crippen molar-refractivity contribution in [2.75, 3.05) is 13.1 Å². The third-order valence-corrected chi connectivity index (χ3v) is 4.99. The third kappa shape index (κ3) is 4.77. The Hall–Kier alpha value is -1.93. The first kappa shape index (κ1) is 17.4. The van der Waals surface area contributed by atoms with E-state index in [9.17, 15) is 18.0 Å². The Balaban J connectivity index is 2.08. The lowest BCUT2D eigenvalue weighted by Gasteiger charge is -2.10. The number of aryl methyl sites for hydroxylation is 1. The van der Waals surface area contributed by atoms with Gasteiger partial charge in [-0.2, -0.15) is 0 Å². The zero-order chi connectivity index (χ0) is 17.0. The highest BCUT2D eigenvalue weighted by Gasteiger charge is 2.23. The van der Waals surface area contributed by atoms with Gasteiger partial charge in [0.2, 0.25) is 15.9 Å². The van der Waals surface area contributed by atoms with Crippen molar-refractivity contribution in [3.8, 4) is 0 Å². The van der Waals surface area contributed by atoms with Crippen LogP contribution in [0, 0.1) is 6.92 Å². The average molecular weight is 339 g/mol. The molecule has 0 unspecified atom stereocenters. The van der Waals surface area contributed by atoms with E-state index in [1.807, 2.05) is 0 Å². The lowest BCUT2D eigenvalue weighted by atomic mass is 10.1. The van der Waals surface area contributed by atoms with E-state index in [0.717, 1.165) is 12.8 Å². The van der Waals surface area contributed by atoms with Gasteiger partial charge in [-0.25, -0.2) is 13.1 Å². The second kappa shape index (κ2) is 7.10. The predicted octanol–water partition coefficient (Wildman–Crippen LogP) is 0.302. The minimum Gasteiger partial charge on any atom is -0.352 e. The summed E-state index contributed by atoms with van der Waals surface area (Å²) in [6, 6.07) is 4.57. The standard InChI is InChI=1S/C15H21N3O4S/c1-3-17-23(21,22)12-7-4-10(2)13(8-12)15(20)16-9-14(19)18-11-5-6-11/h4,7-8,11,17H,3,5-6,9H2,1-2H3,(H,16,20)(H,18,19). The van der Waals surface area contributed by atoms with E-state index in [2.05, 4.69) is 15.4 Å². The summed E-state index contributed by atoms with van der Waals surface area (Å²) in [7, 11) is -3.63. The Kier molecular flexibility index (Phi) is 5.38. The zero-order valence-corrected chi connectivity index (χ0v) is 14.0. The number of amides is 2. The van der Waals surface area contributed by atoms with E-state index >= 15 is 0 Å². The van der Waals surface area contributed by atoms with Gasteiger partial charge >= 0.3 is 0 Å². The Labute approximate surface area is 135 Å². The molecule has 1 aliphatic rings. The van der Waals surface area contributed by atoms with Gasteiger partial charge in [-0.05, 0) is 37.5 Å². The van der Waals surface area contributed by atoms with Crippen molar-refractivity contribution < 1.29 is 18.0 Å². The molecule has 0 spiro atoms. The number of hydrogen-bond acceptors (Lipinski definition) is 4. The molecule has 0 radical (unpaired) electrons. The van der Waals surface area contributed by atoms with Gasteiger partial charge in [0.15, 0.2) is 0 Å². The van der Waals surface area contributed by atoms with Crippen molar-refractivity contribution in [2.24, 2.45) is 0 Å². The molecule has 1 fully saturated rings. The van der Waals surface area contributed by atoms with Gasteiger partial charge in [0.05, 0.1) is 11.4 Å². The summed E-state index contributed by atoms with van der Waals surface area (Å²) in [6.07, 6.45) is 1.95. The quantitative estimate of drug-likeness (QED) is 0.664. The molecule has 0 bridgehead atoms. The first-order valence-corrected chi connectivity index (χ1v) is 8.99. The van der Waals surface area contributed by atoms with Crippen LogP contribution in [-0.2, 0) is 14.8 Å². The first-order chi connectivity index (χ1) is 10.8. The fourth-order valence-electron chi connectivity index (χ4n) is 2.05. The van der Waals surface area contributed by atoms with Crippen LogP contribution < -0.4 is 15.4 Å². The molecule has 23 heavy (non-hydrogen) atoms. The van der Waals surface area contributed by atoms with E-state index in [-0.39, 0.29) is 35.5 Å². The largest absolute Gasteiger partial charge is 0.352 e. The van der Waals surface area contributed by atoms with Crippen LogP contribution >= 0.6 is 0 Å². The van der Waals surface area contributed by atoms with Gasteiger partial charge in [0, 0.05) is 18.2 Å². The highest BCUT2D eigenvalue weighted by molar-refractivity contribution is 7.89. The molecule has 1 saturated carbocycles. The molecule has 3 N–H and O–H groups in total. The molecule has 1 aromatic rings. The van der Waals surface area contributed by atoms with E-state index in [1.54, 1.807) is 19.9 Å². The van der Waals surface area contributed by atoms with Crippen LogP contribution in [0.25, 0.3) is 0 Å². The van der Waals surface area contributed by atoms with Crippen LogP contribution in [0.2, 0.25) is 0 Å². The van der Waals surface area contributed by atoms with Crippen molar-refractivity contribution in [3.63, 3.8) is 0 Å². The fraction of sp³-hybridized carbons (Fsp3) is 0.467. The number of carbonyl (C=O) groups is 2. The van der Waals surface area contributed by atoms with E-state index in [0.29, 0.717) is 5.56 Å². The number of carbonyl (C=O) groups excluding carboxylic acids is 2. The fourth-order valence-corrected chi connectivity index (χ4v) is 3.12. The Morgan fingerprint density at radius 1 is 1.26 bits per heavy atom. The molecule has 2 rings (SSSR count). The Morgan fingerprint density at radius 3 is 2.57 bits per heavy atom. The first-order valence-electron chi connectivity index (χ1n) is 7.51. The lowest BCUT2D eigenvalue weighted by Crippen LogP contribution is -2.38. The number of benzene rings is 1. The van der Waals surface area contributed by atoms with E-state index < -0.39 is 15.9 Å². The van der Waals surface area contributed by atoms with Gasteiger partial charge in [0.25, 0.3) is 5.91 Å². The zero-order valence-electron chi connectivity index (χ0n) is 13.2. The predicted molar refractivity (Wildman–Crippen MR) is 85.5 cm³/mol. The maximum absolute atomic E-state index is 12.2. The number of hydrogen-bond donors (Lipinski definition) is 3. The molecule has 1 aliphatic carbocycles. The molecular formula is C15H21N3O4S. The summed E-state index contributed by atoms with van der Waals surface area (Å²) in [5, 5.41) is 5.29. The maximum Gasteiger partial charge on any atom is 0.252 e. The summed E-state index contributed by atoms with van der Waals surface area (Å²) in [5.74, 6) is -0.711. The van der Waals surface area contributed by atoms with E-state index in [4.69, 9.17) is 0 Å². The van der Waals surface area contributed by atoms with Crippen molar-refractivity contribution >= 4 is 21.8 Å². The molecule has 0 heterocycles. The smallest absolute Gasteiger partial charge is 0.252 e. The van der Waals surface area contributed by atoms with Crippen LogP contribution in [0.5, 0.6) is 0 Å². The molecule has 8 heteroatoms. The SMILES string of the molecule is CCNS(=O)(=O)c1ccc(C)c(C(=O)NCC(=O)NC2CC2)c1. The topological polar surface area (TPSA) is 104 Å². The van der Waals surface area contributed by atoms with Crippen LogP contribution in [-0.4, -0.2) is 39.4 Å². The summed E-state index contributed by atoms with van der Waals surface area (Å²) in [6.45, 7) is 3.53. The third-order valence-electron chi connectivity index (χ3n) is 3.45. The van der Waals surface area contributed by atoms with Crippen molar-refractivity contribution in [3.05, 3.63) is 29.3 Å². The van der Waals surface area contributed by atoms with Gasteiger partial charge in [-0.3, -0.25) is 9.59 Å². The van der Waals surface area contributed by atoms with Crippen molar-refractivity contribution in [1.82, 2.24) is 15.4 Å². The summed E-state index contributed by atoms with van der Waals surface area (Å²) < 4.78 is 26.4. The van der Waals surface area contributed by atoms with Gasteiger partial charge in [-0.1, -0.05) is 13.0 Å². The molecule has 7 nitrogen and oxygen atoms in total. The Morgan fingerprint density at radius 2 is 1.96 bits per heavy atom. The Bertz CT molecular complexity index is 711. The van der Waals surface area contributed by atoms with Crippen LogP contribution in [0.4, 0.5) is 0 Å². The average Bonchev–Trinajstić information content (AvgIpc) is 3.29. The van der Waals surface area contributed by atoms with Crippen molar-refractivity contribution in [2.45, 2.75) is 37.6 Å². The minimum absolute atomic E-state index is 0.0255. The summed E-state index contributed by atoms with van der Waals surface area (Å²) in [4.78, 5) is 23.8. The molecule has 1 aromatic carbocycles. The normalized spacial score (nSPS) is 14.3. The minimum atomic E-state index is -3.63. The van der Waals surface area contributed by atoms with Gasteiger partial charge in [0.1, 0.15) is 0 Å². The van der Waals surface area contributed by atoms with Crippen LogP contribution in [0.3, 0.4) is 0 Å². The maximum atomic E-state index is 12.2. The lowest BCUT2D eigenvalue weighted by molar-refractivity contribution is -0.120. The van der Waals surface area contributed by atoms with E-state index in [1.165, 1.54) is 12.1 Å². The van der Waals surface area contributed by atoms with Gasteiger partial charge in [-0.15, -0.1) is 0 Å². The molecule has 0 aliphatic heterocycles. The van der Waals surface area contributed by atoms with Crippen molar-refractivity contribution in [1.29, 1.82) is 0 Å². The molecule has 0 saturated heterocycles. The number of rotatable bonds is 7. The highest BCUT2D eigenvalue weighted by atomic mass is 32.2. The van der Waals surface area contributed by atoms with Crippen LogP contribution in [0.15, 0.2) is 23.1 Å². The molecule has 0 aromatic heterocycles. The highest BCUT2D eigenvalue weighted by Crippen LogP contribution is 2.18. The number of nitrogens with one attached hydrogen (secondary N) is 3. The molecular weight excluding hydrogens is 318 g/mol. The molecule has 2 amide bonds.